The predicted molar refractivity (Wildman–Crippen MR) is 70.4 cm³/mol. The summed E-state index contributed by atoms with van der Waals surface area (Å²) in [5, 5.41) is 8.62. The van der Waals surface area contributed by atoms with Crippen molar-refractivity contribution in [2.45, 2.75) is 30.6 Å². The fourth-order valence-corrected chi connectivity index (χ4v) is 2.83. The summed E-state index contributed by atoms with van der Waals surface area (Å²) in [5.41, 5.74) is 0. The molecule has 0 unspecified atom stereocenters. The maximum atomic E-state index is 8.62. The molecule has 0 aliphatic rings. The summed E-state index contributed by atoms with van der Waals surface area (Å²) in [6.07, 6.45) is 4.55. The molecule has 0 atom stereocenters. The van der Waals surface area contributed by atoms with Crippen molar-refractivity contribution < 1.29 is 5.11 Å². The van der Waals surface area contributed by atoms with Gasteiger partial charge in [-0.05, 0) is 36.8 Å². The molecule has 15 heavy (non-hydrogen) atoms. The molecule has 84 valence electrons. The van der Waals surface area contributed by atoms with Crippen LogP contribution in [0.15, 0.2) is 33.6 Å². The number of rotatable bonds is 7. The normalized spacial score (nSPS) is 10.5. The lowest BCUT2D eigenvalue weighted by Crippen LogP contribution is -1.85. The van der Waals surface area contributed by atoms with Crippen molar-refractivity contribution in [1.82, 2.24) is 0 Å². The number of thioether (sulfide) groups is 1. The van der Waals surface area contributed by atoms with E-state index in [1.807, 2.05) is 17.8 Å². The van der Waals surface area contributed by atoms with Crippen molar-refractivity contribution >= 4 is 27.7 Å². The topological polar surface area (TPSA) is 20.2 Å². The average molecular weight is 289 g/mol. The van der Waals surface area contributed by atoms with Crippen LogP contribution in [0.3, 0.4) is 0 Å². The van der Waals surface area contributed by atoms with Gasteiger partial charge in [0.1, 0.15) is 0 Å². The zero-order valence-corrected chi connectivity index (χ0v) is 11.2. The van der Waals surface area contributed by atoms with Gasteiger partial charge in [-0.15, -0.1) is 11.8 Å². The first-order valence-electron chi connectivity index (χ1n) is 5.32. The molecule has 0 saturated heterocycles. The maximum absolute atomic E-state index is 8.62. The Hall–Kier alpha value is 0.01000. The maximum Gasteiger partial charge on any atom is 0.0431 e. The van der Waals surface area contributed by atoms with Crippen LogP contribution in [0, 0.1) is 0 Å². The molecule has 0 aliphatic heterocycles. The summed E-state index contributed by atoms with van der Waals surface area (Å²) in [6, 6.07) is 8.41. The van der Waals surface area contributed by atoms with Gasteiger partial charge in [-0.25, -0.2) is 0 Å². The molecule has 0 aliphatic carbocycles. The van der Waals surface area contributed by atoms with Gasteiger partial charge in [-0.1, -0.05) is 34.8 Å². The second-order valence-electron chi connectivity index (χ2n) is 3.44. The number of halogens is 1. The van der Waals surface area contributed by atoms with E-state index in [-0.39, 0.29) is 0 Å². The molecule has 0 spiro atoms. The van der Waals surface area contributed by atoms with Crippen molar-refractivity contribution in [2.24, 2.45) is 0 Å². The third-order valence-electron chi connectivity index (χ3n) is 2.12. The number of benzene rings is 1. The third-order valence-corrected chi connectivity index (χ3v) is 3.69. The Kier molecular flexibility index (Phi) is 7.14. The van der Waals surface area contributed by atoms with E-state index in [2.05, 4.69) is 34.1 Å². The van der Waals surface area contributed by atoms with Crippen LogP contribution >= 0.6 is 27.7 Å². The lowest BCUT2D eigenvalue weighted by Gasteiger charge is -2.02. The van der Waals surface area contributed by atoms with Crippen LogP contribution in [-0.4, -0.2) is 17.5 Å². The van der Waals surface area contributed by atoms with E-state index in [1.165, 1.54) is 23.5 Å². The highest BCUT2D eigenvalue weighted by molar-refractivity contribution is 9.10. The fraction of sp³-hybridized carbons (Fsp3) is 0.500. The lowest BCUT2D eigenvalue weighted by atomic mass is 10.2. The molecule has 0 bridgehead atoms. The number of unbranched alkanes of at least 4 members (excludes halogenated alkanes) is 3. The molecule has 0 fully saturated rings. The lowest BCUT2D eigenvalue weighted by molar-refractivity contribution is 0.283. The minimum Gasteiger partial charge on any atom is -0.396 e. The molecule has 1 nitrogen and oxygen atoms in total. The summed E-state index contributed by atoms with van der Waals surface area (Å²) in [7, 11) is 0. The second-order valence-corrected chi connectivity index (χ2v) is 5.53. The zero-order chi connectivity index (χ0) is 10.9. The van der Waals surface area contributed by atoms with Crippen LogP contribution in [0.1, 0.15) is 25.7 Å². The monoisotopic (exact) mass is 288 g/mol. The van der Waals surface area contributed by atoms with Gasteiger partial charge in [0.05, 0.1) is 0 Å². The Morgan fingerprint density at radius 1 is 1.13 bits per heavy atom. The summed E-state index contributed by atoms with van der Waals surface area (Å²) in [4.78, 5) is 1.33. The quantitative estimate of drug-likeness (QED) is 0.602. The van der Waals surface area contributed by atoms with Gasteiger partial charge in [0.25, 0.3) is 0 Å². The Morgan fingerprint density at radius 3 is 2.67 bits per heavy atom. The number of aliphatic hydroxyl groups excluding tert-OH is 1. The highest BCUT2D eigenvalue weighted by atomic mass is 79.9. The Labute approximate surface area is 104 Å². The molecule has 3 heteroatoms. The first-order chi connectivity index (χ1) is 7.33. The molecule has 0 radical (unpaired) electrons. The molecule has 0 aromatic heterocycles. The predicted octanol–water partition coefficient (Wildman–Crippen LogP) is 4.09. The summed E-state index contributed by atoms with van der Waals surface area (Å²) in [5.74, 6) is 1.17. The molecule has 0 saturated carbocycles. The van der Waals surface area contributed by atoms with Crippen molar-refractivity contribution in [3.63, 3.8) is 0 Å². The van der Waals surface area contributed by atoms with Gasteiger partial charge in [0, 0.05) is 16.0 Å². The van der Waals surface area contributed by atoms with E-state index in [4.69, 9.17) is 5.11 Å². The fourth-order valence-electron chi connectivity index (χ4n) is 1.31. The van der Waals surface area contributed by atoms with E-state index in [9.17, 15) is 0 Å². The van der Waals surface area contributed by atoms with E-state index < -0.39 is 0 Å². The van der Waals surface area contributed by atoms with Gasteiger partial charge < -0.3 is 5.11 Å². The molecular weight excluding hydrogens is 272 g/mol. The summed E-state index contributed by atoms with van der Waals surface area (Å²) in [6.45, 7) is 0.332. The minimum atomic E-state index is 0.332. The first kappa shape index (κ1) is 13.1. The SMILES string of the molecule is OCCCCCCSc1cccc(Br)c1. The largest absolute Gasteiger partial charge is 0.396 e. The number of hydrogen-bond acceptors (Lipinski definition) is 2. The van der Waals surface area contributed by atoms with E-state index >= 15 is 0 Å². The van der Waals surface area contributed by atoms with Gasteiger partial charge >= 0.3 is 0 Å². The van der Waals surface area contributed by atoms with Gasteiger partial charge in [0.15, 0.2) is 0 Å². The zero-order valence-electron chi connectivity index (χ0n) is 8.79. The number of aliphatic hydroxyl groups is 1. The van der Waals surface area contributed by atoms with Crippen LogP contribution in [-0.2, 0) is 0 Å². The van der Waals surface area contributed by atoms with Crippen LogP contribution in [0.5, 0.6) is 0 Å². The molecule has 0 heterocycles. The average Bonchev–Trinajstić information content (AvgIpc) is 2.23. The van der Waals surface area contributed by atoms with Crippen molar-refractivity contribution in [3.05, 3.63) is 28.7 Å². The molecule has 1 aromatic rings. The van der Waals surface area contributed by atoms with Crippen LogP contribution in [0.4, 0.5) is 0 Å². The Morgan fingerprint density at radius 2 is 1.93 bits per heavy atom. The van der Waals surface area contributed by atoms with E-state index in [0.717, 1.165) is 17.3 Å². The summed E-state index contributed by atoms with van der Waals surface area (Å²) < 4.78 is 1.15. The molecule has 1 N–H and O–H groups in total. The van der Waals surface area contributed by atoms with E-state index in [1.54, 1.807) is 0 Å². The first-order valence-corrected chi connectivity index (χ1v) is 7.10. The van der Waals surface area contributed by atoms with Crippen LogP contribution in [0.25, 0.3) is 0 Å². The second kappa shape index (κ2) is 8.20. The van der Waals surface area contributed by atoms with Gasteiger partial charge in [0.2, 0.25) is 0 Å². The minimum absolute atomic E-state index is 0.332. The molecule has 1 aromatic carbocycles. The highest BCUT2D eigenvalue weighted by Crippen LogP contribution is 2.23. The Bertz CT molecular complexity index is 278. The third kappa shape index (κ3) is 6.23. The van der Waals surface area contributed by atoms with Crippen molar-refractivity contribution in [2.75, 3.05) is 12.4 Å². The Balaban J connectivity index is 2.10. The van der Waals surface area contributed by atoms with Gasteiger partial charge in [-0.3, -0.25) is 0 Å². The highest BCUT2D eigenvalue weighted by Gasteiger charge is 1.95. The molecular formula is C12H17BrOS. The van der Waals surface area contributed by atoms with Crippen LogP contribution < -0.4 is 0 Å². The van der Waals surface area contributed by atoms with Gasteiger partial charge in [-0.2, -0.15) is 0 Å². The van der Waals surface area contributed by atoms with Crippen LogP contribution in [0.2, 0.25) is 0 Å². The van der Waals surface area contributed by atoms with Crippen molar-refractivity contribution in [1.29, 1.82) is 0 Å². The molecule has 0 amide bonds. The smallest absolute Gasteiger partial charge is 0.0431 e. The van der Waals surface area contributed by atoms with E-state index in [0.29, 0.717) is 6.61 Å². The van der Waals surface area contributed by atoms with Crippen molar-refractivity contribution in [3.8, 4) is 0 Å². The standard InChI is InChI=1S/C12H17BrOS/c13-11-6-5-7-12(10-11)15-9-4-2-1-3-8-14/h5-7,10,14H,1-4,8-9H2. The molecule has 1 rings (SSSR count). The summed E-state index contributed by atoms with van der Waals surface area (Å²) >= 11 is 5.36. The number of hydrogen-bond donors (Lipinski definition) is 1.